The number of hydrogen-bond donors (Lipinski definition) is 2. The first kappa shape index (κ1) is 15.6. The molecule has 1 saturated carbocycles. The third-order valence-electron chi connectivity index (χ3n) is 3.09. The molecule has 112 valence electrons. The van der Waals surface area contributed by atoms with E-state index in [0.29, 0.717) is 23.9 Å². The Morgan fingerprint density at radius 3 is 3.00 bits per heavy atom. The smallest absolute Gasteiger partial charge is 0.120 e. The summed E-state index contributed by atoms with van der Waals surface area (Å²) >= 11 is 5.85. The standard InChI is InChI=1S/C15H22ClNO3/c16-13-2-1-3-15(8-13)20-11-14(18)9-17-6-7-19-10-12-4-5-12/h1-3,8,12,14,17-18H,4-7,9-11H2. The molecule has 1 fully saturated rings. The normalized spacial score (nSPS) is 16.1. The molecule has 0 bridgehead atoms. The summed E-state index contributed by atoms with van der Waals surface area (Å²) in [5.74, 6) is 1.47. The fourth-order valence-corrected chi connectivity index (χ4v) is 1.94. The van der Waals surface area contributed by atoms with E-state index < -0.39 is 6.10 Å². The van der Waals surface area contributed by atoms with Crippen molar-refractivity contribution in [3.63, 3.8) is 0 Å². The summed E-state index contributed by atoms with van der Waals surface area (Å²) < 4.78 is 11.0. The van der Waals surface area contributed by atoms with E-state index in [0.717, 1.165) is 19.1 Å². The van der Waals surface area contributed by atoms with Crippen LogP contribution in [0.4, 0.5) is 0 Å². The number of nitrogens with one attached hydrogen (secondary N) is 1. The van der Waals surface area contributed by atoms with Crippen molar-refractivity contribution in [3.8, 4) is 5.75 Å². The lowest BCUT2D eigenvalue weighted by Gasteiger charge is -2.13. The number of aliphatic hydroxyl groups excluding tert-OH is 1. The van der Waals surface area contributed by atoms with Crippen molar-refractivity contribution in [1.82, 2.24) is 5.32 Å². The SMILES string of the molecule is OC(CNCCOCC1CC1)COc1cccc(Cl)c1. The van der Waals surface area contributed by atoms with Crippen LogP contribution in [0, 0.1) is 5.92 Å². The van der Waals surface area contributed by atoms with Gasteiger partial charge in [0.05, 0.1) is 6.61 Å². The summed E-state index contributed by atoms with van der Waals surface area (Å²) in [6.07, 6.45) is 2.08. The molecular formula is C15H22ClNO3. The van der Waals surface area contributed by atoms with Gasteiger partial charge < -0.3 is 19.9 Å². The van der Waals surface area contributed by atoms with Gasteiger partial charge in [-0.3, -0.25) is 0 Å². The van der Waals surface area contributed by atoms with Crippen molar-refractivity contribution >= 4 is 11.6 Å². The van der Waals surface area contributed by atoms with Crippen molar-refractivity contribution in [1.29, 1.82) is 0 Å². The molecule has 0 aromatic heterocycles. The Bertz CT molecular complexity index is 398. The van der Waals surface area contributed by atoms with E-state index in [1.165, 1.54) is 12.8 Å². The number of benzene rings is 1. The number of halogens is 1. The van der Waals surface area contributed by atoms with Crippen molar-refractivity contribution in [2.75, 3.05) is 32.9 Å². The molecular weight excluding hydrogens is 278 g/mol. The van der Waals surface area contributed by atoms with Crippen LogP contribution >= 0.6 is 11.6 Å². The average Bonchev–Trinajstić information content (AvgIpc) is 3.24. The molecule has 1 aliphatic carbocycles. The molecule has 1 aromatic carbocycles. The monoisotopic (exact) mass is 299 g/mol. The highest BCUT2D eigenvalue weighted by atomic mass is 35.5. The maximum atomic E-state index is 9.77. The van der Waals surface area contributed by atoms with Gasteiger partial charge in [0.15, 0.2) is 0 Å². The van der Waals surface area contributed by atoms with Crippen LogP contribution in [0.2, 0.25) is 5.02 Å². The van der Waals surface area contributed by atoms with E-state index >= 15 is 0 Å². The molecule has 2 N–H and O–H groups in total. The second-order valence-electron chi connectivity index (χ2n) is 5.14. The highest BCUT2D eigenvalue weighted by Crippen LogP contribution is 2.28. The number of aliphatic hydroxyl groups is 1. The van der Waals surface area contributed by atoms with Crippen LogP contribution in [-0.4, -0.2) is 44.1 Å². The maximum absolute atomic E-state index is 9.77. The Morgan fingerprint density at radius 2 is 2.25 bits per heavy atom. The van der Waals surface area contributed by atoms with Crippen LogP contribution in [0.3, 0.4) is 0 Å². The van der Waals surface area contributed by atoms with Crippen molar-refractivity contribution in [2.24, 2.45) is 5.92 Å². The fourth-order valence-electron chi connectivity index (χ4n) is 1.76. The van der Waals surface area contributed by atoms with E-state index in [-0.39, 0.29) is 6.61 Å². The zero-order valence-electron chi connectivity index (χ0n) is 11.6. The summed E-state index contributed by atoms with van der Waals surface area (Å²) in [5.41, 5.74) is 0. The third-order valence-corrected chi connectivity index (χ3v) is 3.33. The molecule has 1 aromatic rings. The van der Waals surface area contributed by atoms with Gasteiger partial charge in [-0.2, -0.15) is 0 Å². The van der Waals surface area contributed by atoms with Crippen molar-refractivity contribution < 1.29 is 14.6 Å². The largest absolute Gasteiger partial charge is 0.491 e. The number of ether oxygens (including phenoxy) is 2. The van der Waals surface area contributed by atoms with E-state index in [2.05, 4.69) is 5.32 Å². The maximum Gasteiger partial charge on any atom is 0.120 e. The minimum absolute atomic E-state index is 0.246. The lowest BCUT2D eigenvalue weighted by molar-refractivity contribution is 0.0967. The van der Waals surface area contributed by atoms with Gasteiger partial charge in [0.2, 0.25) is 0 Å². The topological polar surface area (TPSA) is 50.7 Å². The van der Waals surface area contributed by atoms with Gasteiger partial charge >= 0.3 is 0 Å². The molecule has 2 rings (SSSR count). The molecule has 0 amide bonds. The van der Waals surface area contributed by atoms with Gasteiger partial charge in [-0.25, -0.2) is 0 Å². The molecule has 1 unspecified atom stereocenters. The second kappa shape index (κ2) is 8.47. The molecule has 0 spiro atoms. The van der Waals surface area contributed by atoms with Gasteiger partial charge in [0.1, 0.15) is 18.5 Å². The first-order valence-corrected chi connectivity index (χ1v) is 7.47. The van der Waals surface area contributed by atoms with E-state index in [9.17, 15) is 5.11 Å². The zero-order valence-corrected chi connectivity index (χ0v) is 12.3. The van der Waals surface area contributed by atoms with E-state index in [1.807, 2.05) is 12.1 Å². The van der Waals surface area contributed by atoms with Gasteiger partial charge in [0, 0.05) is 24.7 Å². The van der Waals surface area contributed by atoms with Crippen molar-refractivity contribution in [2.45, 2.75) is 18.9 Å². The number of rotatable bonds is 10. The summed E-state index contributed by atoms with van der Waals surface area (Å²) in [7, 11) is 0. The molecule has 4 nitrogen and oxygen atoms in total. The molecule has 1 aliphatic rings. The van der Waals surface area contributed by atoms with Crippen LogP contribution in [0.1, 0.15) is 12.8 Å². The molecule has 0 saturated heterocycles. The van der Waals surface area contributed by atoms with Gasteiger partial charge in [-0.15, -0.1) is 0 Å². The van der Waals surface area contributed by atoms with Gasteiger partial charge in [-0.05, 0) is 37.0 Å². The third kappa shape index (κ3) is 6.57. The van der Waals surface area contributed by atoms with Crippen LogP contribution in [0.25, 0.3) is 0 Å². The molecule has 0 radical (unpaired) electrons. The predicted octanol–water partition coefficient (Wildman–Crippen LogP) is 2.10. The first-order chi connectivity index (χ1) is 9.74. The van der Waals surface area contributed by atoms with Crippen LogP contribution in [0.5, 0.6) is 5.75 Å². The van der Waals surface area contributed by atoms with E-state index in [4.69, 9.17) is 21.1 Å². The highest BCUT2D eigenvalue weighted by Gasteiger charge is 2.20. The van der Waals surface area contributed by atoms with Crippen molar-refractivity contribution in [3.05, 3.63) is 29.3 Å². The molecule has 1 atom stereocenters. The lowest BCUT2D eigenvalue weighted by atomic mass is 10.3. The van der Waals surface area contributed by atoms with Crippen LogP contribution < -0.4 is 10.1 Å². The average molecular weight is 300 g/mol. The Balaban J connectivity index is 1.48. The summed E-state index contributed by atoms with van der Waals surface area (Å²) in [6, 6.07) is 7.15. The summed E-state index contributed by atoms with van der Waals surface area (Å²) in [5, 5.41) is 13.5. The Morgan fingerprint density at radius 1 is 1.40 bits per heavy atom. The number of hydrogen-bond acceptors (Lipinski definition) is 4. The predicted molar refractivity (Wildman–Crippen MR) is 79.4 cm³/mol. The van der Waals surface area contributed by atoms with Crippen LogP contribution in [0.15, 0.2) is 24.3 Å². The quantitative estimate of drug-likeness (QED) is 0.650. The first-order valence-electron chi connectivity index (χ1n) is 7.09. The Kier molecular flexibility index (Phi) is 6.60. The molecule has 20 heavy (non-hydrogen) atoms. The van der Waals surface area contributed by atoms with Crippen LogP contribution in [-0.2, 0) is 4.74 Å². The molecule has 5 heteroatoms. The highest BCUT2D eigenvalue weighted by molar-refractivity contribution is 6.30. The van der Waals surface area contributed by atoms with E-state index in [1.54, 1.807) is 12.1 Å². The Labute approximate surface area is 125 Å². The lowest BCUT2D eigenvalue weighted by Crippen LogP contribution is -2.33. The second-order valence-corrected chi connectivity index (χ2v) is 5.58. The summed E-state index contributed by atoms with van der Waals surface area (Å²) in [6.45, 7) is 3.06. The van der Waals surface area contributed by atoms with Gasteiger partial charge in [0.25, 0.3) is 0 Å². The summed E-state index contributed by atoms with van der Waals surface area (Å²) in [4.78, 5) is 0. The minimum Gasteiger partial charge on any atom is -0.491 e. The minimum atomic E-state index is -0.544. The fraction of sp³-hybridized carbons (Fsp3) is 0.600. The zero-order chi connectivity index (χ0) is 14.2. The van der Waals surface area contributed by atoms with Gasteiger partial charge in [-0.1, -0.05) is 17.7 Å². The molecule has 0 heterocycles. The molecule has 0 aliphatic heterocycles. The Hall–Kier alpha value is -0.810.